The van der Waals surface area contributed by atoms with E-state index in [1.165, 1.54) is 35.6 Å². The Morgan fingerprint density at radius 3 is 2.35 bits per heavy atom. The van der Waals surface area contributed by atoms with Crippen LogP contribution in [0.3, 0.4) is 0 Å². The first-order valence-corrected chi connectivity index (χ1v) is 7.67. The van der Waals surface area contributed by atoms with Crippen molar-refractivity contribution in [1.82, 2.24) is 4.98 Å². The van der Waals surface area contributed by atoms with Gasteiger partial charge < -0.3 is 0 Å². The summed E-state index contributed by atoms with van der Waals surface area (Å²) < 4.78 is 51.9. The van der Waals surface area contributed by atoms with Crippen LogP contribution in [0.1, 0.15) is 16.1 Å². The maximum absolute atomic E-state index is 13.0. The molecule has 23 heavy (non-hydrogen) atoms. The summed E-state index contributed by atoms with van der Waals surface area (Å²) in [5.41, 5.74) is 0.922. The number of hydrogen-bond donors (Lipinski definition) is 0. The van der Waals surface area contributed by atoms with Crippen molar-refractivity contribution in [2.45, 2.75) is 12.6 Å². The molecule has 118 valence electrons. The first kappa shape index (κ1) is 15.7. The fourth-order valence-electron chi connectivity index (χ4n) is 2.26. The van der Waals surface area contributed by atoms with Crippen molar-refractivity contribution < 1.29 is 17.6 Å². The Bertz CT molecular complexity index is 806. The molecule has 0 aliphatic carbocycles. The number of hydrogen-bond acceptors (Lipinski definition) is 2. The average molecular weight is 337 g/mol. The smallest absolute Gasteiger partial charge is 0.241 e. The lowest BCUT2D eigenvalue weighted by Crippen LogP contribution is -2.09. The summed E-state index contributed by atoms with van der Waals surface area (Å²) in [7, 11) is 0. The second kappa shape index (κ2) is 6.12. The maximum atomic E-state index is 13.0. The highest BCUT2D eigenvalue weighted by Gasteiger charge is 2.32. The summed E-state index contributed by atoms with van der Waals surface area (Å²) in [6, 6.07) is 11.3. The lowest BCUT2D eigenvalue weighted by molar-refractivity contribution is -0.138. The largest absolute Gasteiger partial charge is 0.416 e. The van der Waals surface area contributed by atoms with Crippen LogP contribution in [0.4, 0.5) is 17.6 Å². The molecule has 0 bridgehead atoms. The molecule has 1 heterocycles. The molecular weight excluding hydrogens is 326 g/mol. The zero-order valence-electron chi connectivity index (χ0n) is 11.8. The number of nitrogens with zero attached hydrogens (tertiary/aromatic N) is 1. The average Bonchev–Trinajstić information content (AvgIpc) is 2.96. The molecule has 6 heteroatoms. The molecule has 1 aromatic heterocycles. The topological polar surface area (TPSA) is 12.9 Å². The van der Waals surface area contributed by atoms with Crippen molar-refractivity contribution in [1.29, 1.82) is 0 Å². The highest BCUT2D eigenvalue weighted by atomic mass is 32.1. The van der Waals surface area contributed by atoms with Crippen LogP contribution in [0.5, 0.6) is 0 Å². The van der Waals surface area contributed by atoms with E-state index in [0.717, 1.165) is 11.6 Å². The second-order valence-corrected chi connectivity index (χ2v) is 5.91. The minimum Gasteiger partial charge on any atom is -0.241 e. The molecule has 0 fully saturated rings. The molecule has 2 aromatic carbocycles. The summed E-state index contributed by atoms with van der Waals surface area (Å²) in [5.74, 6) is -0.344. The molecule has 1 nitrogen and oxygen atoms in total. The van der Waals surface area contributed by atoms with Crippen molar-refractivity contribution in [3.05, 3.63) is 75.9 Å². The molecular formula is C17H11F4NS. The van der Waals surface area contributed by atoms with Gasteiger partial charge >= 0.3 is 6.18 Å². The molecule has 0 saturated heterocycles. The standard InChI is InChI=1S/C17H11F4NS/c18-13-7-5-11(6-8-13)15-10-23-16(22-15)9-12-3-1-2-4-14(12)17(19,20)21/h1-8,10H,9H2. The van der Waals surface area contributed by atoms with E-state index in [2.05, 4.69) is 4.98 Å². The minimum absolute atomic E-state index is 0.113. The Labute approximate surface area is 134 Å². The van der Waals surface area contributed by atoms with Crippen LogP contribution in [0.15, 0.2) is 53.9 Å². The van der Waals surface area contributed by atoms with Crippen LogP contribution < -0.4 is 0 Å². The van der Waals surface area contributed by atoms with Gasteiger partial charge in [-0.1, -0.05) is 18.2 Å². The Kier molecular flexibility index (Phi) is 4.17. The third-order valence-corrected chi connectivity index (χ3v) is 4.20. The maximum Gasteiger partial charge on any atom is 0.416 e. The zero-order valence-corrected chi connectivity index (χ0v) is 12.6. The van der Waals surface area contributed by atoms with Crippen molar-refractivity contribution >= 4 is 11.3 Å². The third-order valence-electron chi connectivity index (χ3n) is 3.36. The van der Waals surface area contributed by atoms with Gasteiger partial charge in [-0.2, -0.15) is 13.2 Å². The Balaban J connectivity index is 1.87. The SMILES string of the molecule is Fc1ccc(-c2csc(Cc3ccccc3C(F)(F)F)n2)cc1. The van der Waals surface area contributed by atoms with Crippen molar-refractivity contribution in [3.8, 4) is 11.3 Å². The Hall–Kier alpha value is -2.21. The molecule has 0 radical (unpaired) electrons. The predicted octanol–water partition coefficient (Wildman–Crippen LogP) is 5.56. The number of benzene rings is 2. The molecule has 0 spiro atoms. The van der Waals surface area contributed by atoms with Gasteiger partial charge in [-0.05, 0) is 35.9 Å². The van der Waals surface area contributed by atoms with Crippen LogP contribution in [-0.2, 0) is 12.6 Å². The van der Waals surface area contributed by atoms with E-state index in [9.17, 15) is 17.6 Å². The third kappa shape index (κ3) is 3.59. The van der Waals surface area contributed by atoms with Gasteiger partial charge in [0.15, 0.2) is 0 Å². The van der Waals surface area contributed by atoms with Crippen LogP contribution in [0.25, 0.3) is 11.3 Å². The summed E-state index contributed by atoms with van der Waals surface area (Å²) in [6.07, 6.45) is -4.27. The van der Waals surface area contributed by atoms with Crippen LogP contribution in [-0.4, -0.2) is 4.98 Å². The van der Waals surface area contributed by atoms with Gasteiger partial charge in [0.1, 0.15) is 5.82 Å². The number of thiazole rings is 1. The van der Waals surface area contributed by atoms with E-state index >= 15 is 0 Å². The molecule has 0 N–H and O–H groups in total. The Morgan fingerprint density at radius 1 is 0.957 bits per heavy atom. The normalized spacial score (nSPS) is 11.7. The summed E-state index contributed by atoms with van der Waals surface area (Å²) in [6.45, 7) is 0. The molecule has 0 saturated carbocycles. The number of rotatable bonds is 3. The van der Waals surface area contributed by atoms with Gasteiger partial charge in [-0.15, -0.1) is 11.3 Å². The minimum atomic E-state index is -4.38. The van der Waals surface area contributed by atoms with E-state index in [-0.39, 0.29) is 17.8 Å². The van der Waals surface area contributed by atoms with Gasteiger partial charge in [0.25, 0.3) is 0 Å². The van der Waals surface area contributed by atoms with Crippen molar-refractivity contribution in [2.75, 3.05) is 0 Å². The van der Waals surface area contributed by atoms with E-state index in [1.807, 2.05) is 0 Å². The lowest BCUT2D eigenvalue weighted by Gasteiger charge is -2.11. The summed E-state index contributed by atoms with van der Waals surface area (Å²) in [4.78, 5) is 4.36. The fraction of sp³-hybridized carbons (Fsp3) is 0.118. The van der Waals surface area contributed by atoms with Crippen LogP contribution in [0, 0.1) is 5.82 Å². The summed E-state index contributed by atoms with van der Waals surface area (Å²) >= 11 is 1.29. The molecule has 3 rings (SSSR count). The highest BCUT2D eigenvalue weighted by molar-refractivity contribution is 7.10. The van der Waals surface area contributed by atoms with Crippen molar-refractivity contribution in [2.24, 2.45) is 0 Å². The van der Waals surface area contributed by atoms with E-state index in [1.54, 1.807) is 23.6 Å². The molecule has 3 aromatic rings. The van der Waals surface area contributed by atoms with Crippen molar-refractivity contribution in [3.63, 3.8) is 0 Å². The van der Waals surface area contributed by atoms with E-state index < -0.39 is 11.7 Å². The van der Waals surface area contributed by atoms with Gasteiger partial charge in [-0.25, -0.2) is 9.37 Å². The molecule has 0 aliphatic rings. The number of alkyl halides is 3. The quantitative estimate of drug-likeness (QED) is 0.570. The monoisotopic (exact) mass is 337 g/mol. The van der Waals surface area contributed by atoms with E-state index in [4.69, 9.17) is 0 Å². The first-order valence-electron chi connectivity index (χ1n) is 6.79. The van der Waals surface area contributed by atoms with Crippen LogP contribution >= 0.6 is 11.3 Å². The lowest BCUT2D eigenvalue weighted by atomic mass is 10.0. The van der Waals surface area contributed by atoms with Gasteiger partial charge in [0.05, 0.1) is 16.3 Å². The predicted molar refractivity (Wildman–Crippen MR) is 81.8 cm³/mol. The second-order valence-electron chi connectivity index (χ2n) is 4.97. The summed E-state index contributed by atoms with van der Waals surface area (Å²) in [5, 5.41) is 2.35. The number of aromatic nitrogens is 1. The van der Waals surface area contributed by atoms with Crippen LogP contribution in [0.2, 0.25) is 0 Å². The van der Waals surface area contributed by atoms with Gasteiger partial charge in [0, 0.05) is 17.4 Å². The Morgan fingerprint density at radius 2 is 1.65 bits per heavy atom. The molecule has 0 unspecified atom stereocenters. The first-order chi connectivity index (χ1) is 10.9. The highest BCUT2D eigenvalue weighted by Crippen LogP contribution is 2.33. The molecule has 0 amide bonds. The van der Waals surface area contributed by atoms with Gasteiger partial charge in [-0.3, -0.25) is 0 Å². The van der Waals surface area contributed by atoms with Gasteiger partial charge in [0.2, 0.25) is 0 Å². The number of halogens is 4. The molecule has 0 atom stereocenters. The zero-order chi connectivity index (χ0) is 16.4. The van der Waals surface area contributed by atoms with E-state index in [0.29, 0.717) is 10.7 Å². The fourth-order valence-corrected chi connectivity index (χ4v) is 3.09. The molecule has 0 aliphatic heterocycles.